The normalized spacial score (nSPS) is 13.9. The molecule has 0 radical (unpaired) electrons. The molecular formula is C12H14F3NO2S. The zero-order valence-electron chi connectivity index (χ0n) is 10.5. The van der Waals surface area contributed by atoms with Crippen molar-refractivity contribution in [1.29, 1.82) is 0 Å². The Bertz CT molecular complexity index is 485. The topological polar surface area (TPSA) is 46.2 Å². The standard InChI is InChI=1S/C12H14F3NO2S/c1-7(19(2)18)3-4-16-12(17)8-5-9(13)11(15)10(14)6-8/h5-7H,3-4H2,1-2H3,(H,16,17). The first kappa shape index (κ1) is 15.7. The zero-order chi connectivity index (χ0) is 14.6. The number of carbonyl (C=O) groups excluding carboxylic acids is 1. The van der Waals surface area contributed by atoms with Gasteiger partial charge in [0.05, 0.1) is 0 Å². The fraction of sp³-hybridized carbons (Fsp3) is 0.417. The first-order chi connectivity index (χ1) is 8.82. The molecule has 0 heterocycles. The van der Waals surface area contributed by atoms with E-state index in [1.165, 1.54) is 0 Å². The second kappa shape index (κ2) is 6.70. The SMILES string of the molecule is CC(CCNC(=O)c1cc(F)c(F)c(F)c1)S(C)=O. The van der Waals surface area contributed by atoms with Gasteiger partial charge in [-0.1, -0.05) is 6.92 Å². The van der Waals surface area contributed by atoms with Gasteiger partial charge in [-0.2, -0.15) is 0 Å². The summed E-state index contributed by atoms with van der Waals surface area (Å²) in [7, 11) is -1.00. The molecule has 0 aliphatic rings. The Kier molecular flexibility index (Phi) is 5.53. The molecule has 0 fully saturated rings. The van der Waals surface area contributed by atoms with Crippen LogP contribution in [0.15, 0.2) is 12.1 Å². The lowest BCUT2D eigenvalue weighted by Gasteiger charge is -2.09. The molecule has 1 aromatic rings. The van der Waals surface area contributed by atoms with Crippen LogP contribution in [-0.4, -0.2) is 28.2 Å². The minimum absolute atomic E-state index is 0.0954. The van der Waals surface area contributed by atoms with E-state index < -0.39 is 34.2 Å². The molecule has 2 atom stereocenters. The van der Waals surface area contributed by atoms with Crippen LogP contribution in [0.3, 0.4) is 0 Å². The Morgan fingerprint density at radius 3 is 2.32 bits per heavy atom. The van der Waals surface area contributed by atoms with E-state index in [2.05, 4.69) is 5.32 Å². The van der Waals surface area contributed by atoms with Crippen molar-refractivity contribution < 1.29 is 22.2 Å². The summed E-state index contributed by atoms with van der Waals surface area (Å²) in [6.07, 6.45) is 2.03. The molecule has 0 aromatic heterocycles. The third-order valence-corrected chi connectivity index (χ3v) is 4.02. The number of amides is 1. The lowest BCUT2D eigenvalue weighted by molar-refractivity contribution is 0.0952. The molecule has 0 saturated heterocycles. The first-order valence-electron chi connectivity index (χ1n) is 5.58. The van der Waals surface area contributed by atoms with Gasteiger partial charge in [-0.25, -0.2) is 13.2 Å². The lowest BCUT2D eigenvalue weighted by Crippen LogP contribution is -2.27. The van der Waals surface area contributed by atoms with E-state index in [1.54, 1.807) is 13.2 Å². The molecule has 3 nitrogen and oxygen atoms in total. The Labute approximate surface area is 111 Å². The number of hydrogen-bond acceptors (Lipinski definition) is 2. The van der Waals surface area contributed by atoms with Gasteiger partial charge < -0.3 is 5.32 Å². The number of rotatable bonds is 5. The van der Waals surface area contributed by atoms with Crippen LogP contribution < -0.4 is 5.32 Å². The second-order valence-corrected chi connectivity index (χ2v) is 5.91. The van der Waals surface area contributed by atoms with E-state index in [-0.39, 0.29) is 17.4 Å². The van der Waals surface area contributed by atoms with Crippen molar-refractivity contribution in [3.05, 3.63) is 35.1 Å². The summed E-state index contributed by atoms with van der Waals surface area (Å²) in [5.74, 6) is -5.13. The number of benzene rings is 1. The quantitative estimate of drug-likeness (QED) is 0.844. The van der Waals surface area contributed by atoms with Crippen molar-refractivity contribution >= 4 is 16.7 Å². The third-order valence-electron chi connectivity index (χ3n) is 2.65. The summed E-state index contributed by atoms with van der Waals surface area (Å²) in [4.78, 5) is 11.6. The average Bonchev–Trinajstić information content (AvgIpc) is 2.34. The lowest BCUT2D eigenvalue weighted by atomic mass is 10.2. The Balaban J connectivity index is 2.62. The molecule has 19 heavy (non-hydrogen) atoms. The third kappa shape index (κ3) is 4.34. The molecule has 106 valence electrons. The molecule has 1 N–H and O–H groups in total. The van der Waals surface area contributed by atoms with Crippen LogP contribution in [0, 0.1) is 17.5 Å². The van der Waals surface area contributed by atoms with Gasteiger partial charge in [-0.05, 0) is 18.6 Å². The maximum Gasteiger partial charge on any atom is 0.251 e. The van der Waals surface area contributed by atoms with Gasteiger partial charge >= 0.3 is 0 Å². The summed E-state index contributed by atoms with van der Waals surface area (Å²) >= 11 is 0. The second-order valence-electron chi connectivity index (χ2n) is 4.11. The molecule has 1 aromatic carbocycles. The highest BCUT2D eigenvalue weighted by Gasteiger charge is 2.15. The van der Waals surface area contributed by atoms with Gasteiger partial charge in [0, 0.05) is 34.4 Å². The Hall–Kier alpha value is -1.37. The van der Waals surface area contributed by atoms with Crippen LogP contribution in [0.4, 0.5) is 13.2 Å². The van der Waals surface area contributed by atoms with Crippen LogP contribution in [0.1, 0.15) is 23.7 Å². The molecular weight excluding hydrogens is 279 g/mol. The fourth-order valence-corrected chi connectivity index (χ4v) is 1.79. The number of hydrogen-bond donors (Lipinski definition) is 1. The highest BCUT2D eigenvalue weighted by Crippen LogP contribution is 2.13. The van der Waals surface area contributed by atoms with E-state index >= 15 is 0 Å². The zero-order valence-corrected chi connectivity index (χ0v) is 11.3. The minimum atomic E-state index is -1.61. The summed E-state index contributed by atoms with van der Waals surface area (Å²) in [5.41, 5.74) is -0.290. The van der Waals surface area contributed by atoms with Gasteiger partial charge in [-0.3, -0.25) is 9.00 Å². The fourth-order valence-electron chi connectivity index (χ4n) is 1.34. The molecule has 0 spiro atoms. The summed E-state index contributed by atoms with van der Waals surface area (Å²) in [5, 5.41) is 2.33. The predicted molar refractivity (Wildman–Crippen MR) is 66.8 cm³/mol. The smallest absolute Gasteiger partial charge is 0.251 e. The van der Waals surface area contributed by atoms with Crippen LogP contribution >= 0.6 is 0 Å². The maximum atomic E-state index is 12.9. The number of nitrogens with one attached hydrogen (secondary N) is 1. The van der Waals surface area contributed by atoms with E-state index in [0.29, 0.717) is 18.6 Å². The van der Waals surface area contributed by atoms with E-state index in [0.717, 1.165) is 0 Å². The Morgan fingerprint density at radius 2 is 1.84 bits per heavy atom. The van der Waals surface area contributed by atoms with Crippen molar-refractivity contribution in [2.45, 2.75) is 18.6 Å². The number of carbonyl (C=O) groups is 1. The Morgan fingerprint density at radius 1 is 1.32 bits per heavy atom. The predicted octanol–water partition coefficient (Wildman–Crippen LogP) is 1.99. The minimum Gasteiger partial charge on any atom is -0.352 e. The maximum absolute atomic E-state index is 12.9. The van der Waals surface area contributed by atoms with Gasteiger partial charge in [-0.15, -0.1) is 0 Å². The van der Waals surface area contributed by atoms with Crippen LogP contribution in [0.25, 0.3) is 0 Å². The van der Waals surface area contributed by atoms with Gasteiger partial charge in [0.2, 0.25) is 0 Å². The first-order valence-corrected chi connectivity index (χ1v) is 7.20. The molecule has 1 amide bonds. The molecule has 1 rings (SSSR count). The van der Waals surface area contributed by atoms with E-state index in [4.69, 9.17) is 0 Å². The monoisotopic (exact) mass is 293 g/mol. The molecule has 0 bridgehead atoms. The van der Waals surface area contributed by atoms with Gasteiger partial charge in [0.1, 0.15) is 0 Å². The van der Waals surface area contributed by atoms with E-state index in [1.807, 2.05) is 0 Å². The van der Waals surface area contributed by atoms with Crippen LogP contribution in [0.5, 0.6) is 0 Å². The van der Waals surface area contributed by atoms with Crippen molar-refractivity contribution in [3.8, 4) is 0 Å². The molecule has 7 heteroatoms. The summed E-state index contributed by atoms with van der Waals surface area (Å²) < 4.78 is 49.6. The molecule has 0 saturated carbocycles. The molecule has 2 unspecified atom stereocenters. The van der Waals surface area contributed by atoms with Crippen molar-refractivity contribution in [2.75, 3.05) is 12.8 Å². The van der Waals surface area contributed by atoms with Crippen LogP contribution in [-0.2, 0) is 10.8 Å². The van der Waals surface area contributed by atoms with Gasteiger partial charge in [0.25, 0.3) is 5.91 Å². The van der Waals surface area contributed by atoms with E-state index in [9.17, 15) is 22.2 Å². The van der Waals surface area contributed by atoms with Gasteiger partial charge in [0.15, 0.2) is 17.5 Å². The van der Waals surface area contributed by atoms with Crippen LogP contribution in [0.2, 0.25) is 0 Å². The average molecular weight is 293 g/mol. The summed E-state index contributed by atoms with van der Waals surface area (Å²) in [6, 6.07) is 1.27. The molecule has 0 aliphatic carbocycles. The largest absolute Gasteiger partial charge is 0.352 e. The van der Waals surface area contributed by atoms with Crippen molar-refractivity contribution in [2.24, 2.45) is 0 Å². The highest BCUT2D eigenvalue weighted by atomic mass is 32.2. The van der Waals surface area contributed by atoms with Crippen molar-refractivity contribution in [1.82, 2.24) is 5.32 Å². The summed E-state index contributed by atoms with van der Waals surface area (Å²) in [6.45, 7) is 1.99. The highest BCUT2D eigenvalue weighted by molar-refractivity contribution is 7.84. The molecule has 0 aliphatic heterocycles. The number of halogens is 3. The van der Waals surface area contributed by atoms with Crippen molar-refractivity contribution in [3.63, 3.8) is 0 Å².